The van der Waals surface area contributed by atoms with Crippen molar-refractivity contribution in [1.82, 2.24) is 4.98 Å². The molecule has 1 saturated heterocycles. The van der Waals surface area contributed by atoms with Gasteiger partial charge in [0, 0.05) is 24.9 Å². The molecule has 0 aliphatic carbocycles. The van der Waals surface area contributed by atoms with Crippen molar-refractivity contribution in [2.24, 2.45) is 5.92 Å². The molecule has 0 aromatic carbocycles. The van der Waals surface area contributed by atoms with E-state index in [0.29, 0.717) is 6.42 Å². The second kappa shape index (κ2) is 4.73. The van der Waals surface area contributed by atoms with Crippen LogP contribution in [0.1, 0.15) is 18.9 Å². The fourth-order valence-electron chi connectivity index (χ4n) is 2.17. The Hall–Kier alpha value is -0.930. The van der Waals surface area contributed by atoms with E-state index in [0.717, 1.165) is 18.6 Å². The molecular formula is C12H17NO2. The minimum Gasteiger partial charge on any atom is -0.392 e. The van der Waals surface area contributed by atoms with Gasteiger partial charge in [-0.3, -0.25) is 4.98 Å². The Morgan fingerprint density at radius 1 is 1.53 bits per heavy atom. The third-order valence-electron chi connectivity index (χ3n) is 3.12. The molecule has 2 rings (SSSR count). The first-order valence-corrected chi connectivity index (χ1v) is 5.46. The van der Waals surface area contributed by atoms with Gasteiger partial charge in [0.05, 0.1) is 12.2 Å². The molecule has 1 aliphatic heterocycles. The van der Waals surface area contributed by atoms with Crippen LogP contribution in [0.15, 0.2) is 24.5 Å². The SMILES string of the molecule is CC1OCCC1C(O)Cc1ccncc1. The number of nitrogens with zero attached hydrogens (tertiary/aromatic N) is 1. The highest BCUT2D eigenvalue weighted by Gasteiger charge is 2.30. The monoisotopic (exact) mass is 207 g/mol. The van der Waals surface area contributed by atoms with Gasteiger partial charge in [0.2, 0.25) is 0 Å². The van der Waals surface area contributed by atoms with Crippen LogP contribution in [0.2, 0.25) is 0 Å². The zero-order valence-electron chi connectivity index (χ0n) is 8.97. The van der Waals surface area contributed by atoms with E-state index in [9.17, 15) is 5.11 Å². The molecule has 0 saturated carbocycles. The van der Waals surface area contributed by atoms with Crippen molar-refractivity contribution in [3.63, 3.8) is 0 Å². The lowest BCUT2D eigenvalue weighted by Gasteiger charge is -2.20. The first-order chi connectivity index (χ1) is 7.27. The van der Waals surface area contributed by atoms with Crippen molar-refractivity contribution in [3.8, 4) is 0 Å². The summed E-state index contributed by atoms with van der Waals surface area (Å²) in [6.45, 7) is 2.81. The second-order valence-electron chi connectivity index (χ2n) is 4.16. The molecule has 1 aromatic rings. The van der Waals surface area contributed by atoms with Gasteiger partial charge in [0.25, 0.3) is 0 Å². The zero-order chi connectivity index (χ0) is 10.7. The Kier molecular flexibility index (Phi) is 3.34. The van der Waals surface area contributed by atoms with E-state index in [-0.39, 0.29) is 18.1 Å². The summed E-state index contributed by atoms with van der Waals surface area (Å²) in [4.78, 5) is 3.96. The maximum absolute atomic E-state index is 10.1. The van der Waals surface area contributed by atoms with E-state index in [1.54, 1.807) is 12.4 Å². The third-order valence-corrected chi connectivity index (χ3v) is 3.12. The van der Waals surface area contributed by atoms with E-state index in [2.05, 4.69) is 4.98 Å². The molecule has 1 aromatic heterocycles. The Labute approximate surface area is 90.1 Å². The van der Waals surface area contributed by atoms with Gasteiger partial charge in [-0.05, 0) is 37.5 Å². The molecule has 3 unspecified atom stereocenters. The van der Waals surface area contributed by atoms with Gasteiger partial charge in [-0.15, -0.1) is 0 Å². The van der Waals surface area contributed by atoms with Crippen LogP contribution in [0.25, 0.3) is 0 Å². The number of ether oxygens (including phenoxy) is 1. The van der Waals surface area contributed by atoms with Gasteiger partial charge in [0.15, 0.2) is 0 Å². The van der Waals surface area contributed by atoms with E-state index >= 15 is 0 Å². The van der Waals surface area contributed by atoms with Gasteiger partial charge >= 0.3 is 0 Å². The summed E-state index contributed by atoms with van der Waals surface area (Å²) in [6.07, 6.45) is 5.06. The quantitative estimate of drug-likeness (QED) is 0.815. The van der Waals surface area contributed by atoms with Crippen LogP contribution < -0.4 is 0 Å². The number of aliphatic hydroxyl groups excluding tert-OH is 1. The van der Waals surface area contributed by atoms with Gasteiger partial charge in [-0.1, -0.05) is 0 Å². The number of aromatic nitrogens is 1. The molecule has 15 heavy (non-hydrogen) atoms. The van der Waals surface area contributed by atoms with Crippen LogP contribution in [0.4, 0.5) is 0 Å². The summed E-state index contributed by atoms with van der Waals surface area (Å²) in [5, 5.41) is 10.1. The summed E-state index contributed by atoms with van der Waals surface area (Å²) in [6, 6.07) is 3.90. The smallest absolute Gasteiger partial charge is 0.0634 e. The fourth-order valence-corrected chi connectivity index (χ4v) is 2.17. The molecule has 3 heteroatoms. The molecule has 82 valence electrons. The first kappa shape index (κ1) is 10.6. The third kappa shape index (κ3) is 2.55. The molecule has 3 atom stereocenters. The van der Waals surface area contributed by atoms with E-state index < -0.39 is 0 Å². The van der Waals surface area contributed by atoms with Crippen molar-refractivity contribution < 1.29 is 9.84 Å². The Balaban J connectivity index is 1.94. The van der Waals surface area contributed by atoms with Crippen molar-refractivity contribution in [2.45, 2.75) is 32.0 Å². The Morgan fingerprint density at radius 2 is 2.27 bits per heavy atom. The molecule has 0 amide bonds. The van der Waals surface area contributed by atoms with Crippen molar-refractivity contribution in [1.29, 1.82) is 0 Å². The molecule has 3 nitrogen and oxygen atoms in total. The highest BCUT2D eigenvalue weighted by Crippen LogP contribution is 2.25. The average molecular weight is 207 g/mol. The minimum absolute atomic E-state index is 0.182. The number of hydrogen-bond acceptors (Lipinski definition) is 3. The Bertz CT molecular complexity index is 302. The summed E-state index contributed by atoms with van der Waals surface area (Å²) in [5.41, 5.74) is 1.14. The van der Waals surface area contributed by atoms with Crippen LogP contribution in [-0.4, -0.2) is 28.9 Å². The lowest BCUT2D eigenvalue weighted by Crippen LogP contribution is -2.28. The van der Waals surface area contributed by atoms with Gasteiger partial charge < -0.3 is 9.84 Å². The molecule has 2 heterocycles. The predicted octanol–water partition coefficient (Wildman–Crippen LogP) is 1.41. The van der Waals surface area contributed by atoms with Crippen LogP contribution in [0.5, 0.6) is 0 Å². The second-order valence-corrected chi connectivity index (χ2v) is 4.16. The number of aliphatic hydroxyl groups is 1. The summed E-state index contributed by atoms with van der Waals surface area (Å²) >= 11 is 0. The lowest BCUT2D eigenvalue weighted by molar-refractivity contribution is 0.0441. The van der Waals surface area contributed by atoms with Crippen LogP contribution >= 0.6 is 0 Å². The lowest BCUT2D eigenvalue weighted by atomic mass is 9.91. The normalized spacial score (nSPS) is 27.9. The largest absolute Gasteiger partial charge is 0.392 e. The van der Waals surface area contributed by atoms with Gasteiger partial charge in [-0.25, -0.2) is 0 Å². The highest BCUT2D eigenvalue weighted by molar-refractivity contribution is 5.11. The highest BCUT2D eigenvalue weighted by atomic mass is 16.5. The molecule has 1 aliphatic rings. The Morgan fingerprint density at radius 3 is 2.87 bits per heavy atom. The zero-order valence-corrected chi connectivity index (χ0v) is 8.97. The summed E-state index contributed by atoms with van der Waals surface area (Å²) < 4.78 is 5.45. The van der Waals surface area contributed by atoms with Crippen LogP contribution in [0.3, 0.4) is 0 Å². The number of hydrogen-bond donors (Lipinski definition) is 1. The molecular weight excluding hydrogens is 190 g/mol. The molecule has 0 bridgehead atoms. The maximum Gasteiger partial charge on any atom is 0.0634 e. The van der Waals surface area contributed by atoms with Crippen molar-refractivity contribution >= 4 is 0 Å². The number of rotatable bonds is 3. The van der Waals surface area contributed by atoms with Crippen LogP contribution in [0, 0.1) is 5.92 Å². The minimum atomic E-state index is -0.301. The van der Waals surface area contributed by atoms with E-state index in [1.165, 1.54) is 0 Å². The predicted molar refractivity (Wildman–Crippen MR) is 57.5 cm³/mol. The van der Waals surface area contributed by atoms with E-state index in [4.69, 9.17) is 4.74 Å². The molecule has 0 spiro atoms. The average Bonchev–Trinajstić information content (AvgIpc) is 2.66. The molecule has 1 fully saturated rings. The maximum atomic E-state index is 10.1. The van der Waals surface area contributed by atoms with E-state index in [1.807, 2.05) is 19.1 Å². The van der Waals surface area contributed by atoms with Crippen molar-refractivity contribution in [2.75, 3.05) is 6.61 Å². The molecule has 1 N–H and O–H groups in total. The fraction of sp³-hybridized carbons (Fsp3) is 0.583. The number of pyridine rings is 1. The standard InChI is InChI=1S/C12H17NO2/c1-9-11(4-7-15-9)12(14)8-10-2-5-13-6-3-10/h2-3,5-6,9,11-12,14H,4,7-8H2,1H3. The molecule has 0 radical (unpaired) electrons. The van der Waals surface area contributed by atoms with Gasteiger partial charge in [-0.2, -0.15) is 0 Å². The van der Waals surface area contributed by atoms with Crippen LogP contribution in [-0.2, 0) is 11.2 Å². The summed E-state index contributed by atoms with van der Waals surface area (Å²) in [5.74, 6) is 0.276. The topological polar surface area (TPSA) is 42.4 Å². The summed E-state index contributed by atoms with van der Waals surface area (Å²) in [7, 11) is 0. The van der Waals surface area contributed by atoms with Crippen molar-refractivity contribution in [3.05, 3.63) is 30.1 Å². The van der Waals surface area contributed by atoms with Gasteiger partial charge in [0.1, 0.15) is 0 Å². The first-order valence-electron chi connectivity index (χ1n) is 5.46.